The lowest BCUT2D eigenvalue weighted by Gasteiger charge is -2.48. The number of nitrogens with zero attached hydrogens (tertiary/aromatic N) is 1. The van der Waals surface area contributed by atoms with Gasteiger partial charge < -0.3 is 5.32 Å². The first-order valence-electron chi connectivity index (χ1n) is 6.14. The highest BCUT2D eigenvalue weighted by Crippen LogP contribution is 2.43. The summed E-state index contributed by atoms with van der Waals surface area (Å²) in [7, 11) is 0. The van der Waals surface area contributed by atoms with Crippen molar-refractivity contribution in [3.05, 3.63) is 0 Å². The molecule has 1 heterocycles. The lowest BCUT2D eigenvalue weighted by atomic mass is 9.90. The quantitative estimate of drug-likeness (QED) is 0.790. The van der Waals surface area contributed by atoms with E-state index in [4.69, 9.17) is 0 Å². The molecule has 0 aromatic carbocycles. The Morgan fingerprint density at radius 1 is 1.47 bits per heavy atom. The van der Waals surface area contributed by atoms with Crippen LogP contribution in [0, 0.1) is 5.92 Å². The first-order valence-corrected chi connectivity index (χ1v) is 7.53. The second-order valence-electron chi connectivity index (χ2n) is 5.35. The summed E-state index contributed by atoms with van der Waals surface area (Å²) in [5.74, 6) is 2.23. The molecule has 1 saturated carbocycles. The number of rotatable bonds is 4. The third-order valence-electron chi connectivity index (χ3n) is 4.05. The summed E-state index contributed by atoms with van der Waals surface area (Å²) in [5.41, 5.74) is 0.447. The molecule has 2 nitrogen and oxygen atoms in total. The van der Waals surface area contributed by atoms with Crippen molar-refractivity contribution in [3.8, 4) is 0 Å². The normalized spacial score (nSPS) is 38.2. The van der Waals surface area contributed by atoms with Crippen LogP contribution in [0.25, 0.3) is 0 Å². The van der Waals surface area contributed by atoms with Gasteiger partial charge in [0.25, 0.3) is 0 Å². The highest BCUT2D eigenvalue weighted by atomic mass is 32.2. The average Bonchev–Trinajstić information content (AvgIpc) is 3.03. The molecule has 0 aromatic rings. The minimum Gasteiger partial charge on any atom is -0.311 e. The Morgan fingerprint density at radius 3 is 2.80 bits per heavy atom. The fourth-order valence-electron chi connectivity index (χ4n) is 2.75. The predicted molar refractivity (Wildman–Crippen MR) is 68.5 cm³/mol. The highest BCUT2D eigenvalue weighted by Gasteiger charge is 2.47. The van der Waals surface area contributed by atoms with Gasteiger partial charge in [-0.1, -0.05) is 0 Å². The van der Waals surface area contributed by atoms with Gasteiger partial charge in [-0.25, -0.2) is 0 Å². The molecule has 2 fully saturated rings. The van der Waals surface area contributed by atoms with Crippen molar-refractivity contribution in [2.24, 2.45) is 5.92 Å². The molecule has 88 valence electrons. The molecule has 1 N–H and O–H groups in total. The van der Waals surface area contributed by atoms with E-state index in [0.717, 1.165) is 5.92 Å². The Kier molecular flexibility index (Phi) is 3.63. The lowest BCUT2D eigenvalue weighted by Crippen LogP contribution is -2.64. The van der Waals surface area contributed by atoms with Crippen LogP contribution in [0.1, 0.15) is 26.7 Å². The van der Waals surface area contributed by atoms with Crippen LogP contribution in [-0.2, 0) is 0 Å². The fraction of sp³-hybridized carbons (Fsp3) is 1.00. The van der Waals surface area contributed by atoms with Crippen molar-refractivity contribution in [2.45, 2.75) is 38.3 Å². The van der Waals surface area contributed by atoms with Crippen molar-refractivity contribution >= 4 is 11.8 Å². The molecule has 2 unspecified atom stereocenters. The van der Waals surface area contributed by atoms with E-state index in [0.29, 0.717) is 11.6 Å². The van der Waals surface area contributed by atoms with Crippen molar-refractivity contribution in [2.75, 3.05) is 31.6 Å². The summed E-state index contributed by atoms with van der Waals surface area (Å²) >= 11 is 1.97. The second-order valence-corrected chi connectivity index (χ2v) is 6.34. The average molecular weight is 228 g/mol. The van der Waals surface area contributed by atoms with Gasteiger partial charge in [-0.3, -0.25) is 4.90 Å². The molecule has 0 radical (unpaired) electrons. The summed E-state index contributed by atoms with van der Waals surface area (Å²) in [5, 5.41) is 3.65. The van der Waals surface area contributed by atoms with E-state index < -0.39 is 0 Å². The van der Waals surface area contributed by atoms with Gasteiger partial charge in [0.05, 0.1) is 0 Å². The Balaban J connectivity index is 1.99. The van der Waals surface area contributed by atoms with Gasteiger partial charge in [0.1, 0.15) is 0 Å². The maximum absolute atomic E-state index is 3.65. The Hall–Kier alpha value is 0.270. The Morgan fingerprint density at radius 2 is 2.20 bits per heavy atom. The third-order valence-corrected chi connectivity index (χ3v) is 4.64. The van der Waals surface area contributed by atoms with Crippen LogP contribution < -0.4 is 5.32 Å². The van der Waals surface area contributed by atoms with Crippen LogP contribution in [-0.4, -0.2) is 48.1 Å². The predicted octanol–water partition coefficient (Wildman–Crippen LogP) is 1.81. The van der Waals surface area contributed by atoms with Gasteiger partial charge in [-0.05, 0) is 38.9 Å². The molecule has 0 amide bonds. The van der Waals surface area contributed by atoms with Gasteiger partial charge in [-0.2, -0.15) is 11.8 Å². The summed E-state index contributed by atoms with van der Waals surface area (Å²) < 4.78 is 0. The molecule has 2 atom stereocenters. The van der Waals surface area contributed by atoms with Crippen molar-refractivity contribution in [1.82, 2.24) is 10.2 Å². The molecule has 0 bridgehead atoms. The van der Waals surface area contributed by atoms with Crippen molar-refractivity contribution in [1.29, 1.82) is 0 Å². The molecule has 0 spiro atoms. The third kappa shape index (κ3) is 2.51. The largest absolute Gasteiger partial charge is 0.311 e. The summed E-state index contributed by atoms with van der Waals surface area (Å²) in [6.07, 6.45) is 5.10. The van der Waals surface area contributed by atoms with E-state index in [-0.39, 0.29) is 0 Å². The van der Waals surface area contributed by atoms with E-state index in [9.17, 15) is 0 Å². The van der Waals surface area contributed by atoms with Crippen LogP contribution in [0.15, 0.2) is 0 Å². The van der Waals surface area contributed by atoms with E-state index in [2.05, 4.69) is 30.3 Å². The van der Waals surface area contributed by atoms with Crippen LogP contribution in [0.2, 0.25) is 0 Å². The van der Waals surface area contributed by atoms with Crippen molar-refractivity contribution < 1.29 is 0 Å². The summed E-state index contributed by atoms with van der Waals surface area (Å²) in [6.45, 7) is 8.45. The summed E-state index contributed by atoms with van der Waals surface area (Å²) in [4.78, 5) is 2.74. The zero-order valence-electron chi connectivity index (χ0n) is 10.3. The maximum Gasteiger partial charge on any atom is 0.0335 e. The van der Waals surface area contributed by atoms with E-state index in [1.165, 1.54) is 38.2 Å². The van der Waals surface area contributed by atoms with Gasteiger partial charge >= 0.3 is 0 Å². The zero-order valence-corrected chi connectivity index (χ0v) is 11.1. The van der Waals surface area contributed by atoms with Gasteiger partial charge in [0, 0.05) is 37.0 Å². The molecule has 3 heteroatoms. The van der Waals surface area contributed by atoms with Crippen LogP contribution in [0.3, 0.4) is 0 Å². The zero-order chi connectivity index (χ0) is 10.9. The molecule has 1 aliphatic heterocycles. The number of hydrogen-bond acceptors (Lipinski definition) is 3. The number of thioether (sulfide) groups is 1. The van der Waals surface area contributed by atoms with E-state index in [1.54, 1.807) is 0 Å². The first kappa shape index (κ1) is 11.7. The van der Waals surface area contributed by atoms with Crippen LogP contribution >= 0.6 is 11.8 Å². The number of nitrogens with one attached hydrogen (secondary N) is 1. The second kappa shape index (κ2) is 4.64. The number of piperazine rings is 1. The van der Waals surface area contributed by atoms with E-state index in [1.807, 2.05) is 11.8 Å². The lowest BCUT2D eigenvalue weighted by molar-refractivity contribution is 0.0446. The molecule has 1 saturated heterocycles. The summed E-state index contributed by atoms with van der Waals surface area (Å²) in [6, 6.07) is 0.665. The Bertz CT molecular complexity index is 218. The first-order chi connectivity index (χ1) is 7.16. The monoisotopic (exact) mass is 228 g/mol. The van der Waals surface area contributed by atoms with Crippen LogP contribution in [0.5, 0.6) is 0 Å². The molecular formula is C12H24N2S. The minimum absolute atomic E-state index is 0.447. The van der Waals surface area contributed by atoms with Crippen LogP contribution in [0.4, 0.5) is 0 Å². The highest BCUT2D eigenvalue weighted by molar-refractivity contribution is 7.98. The molecule has 0 aromatic heterocycles. The molecule has 2 aliphatic rings. The fourth-order valence-corrected chi connectivity index (χ4v) is 3.16. The van der Waals surface area contributed by atoms with E-state index >= 15 is 0 Å². The standard InChI is InChI=1S/C12H24N2S/c1-10-8-14(6-7-15-3)12(2,9-13-10)11-4-5-11/h10-11,13H,4-9H2,1-3H3. The smallest absolute Gasteiger partial charge is 0.0335 e. The number of hydrogen-bond donors (Lipinski definition) is 1. The van der Waals surface area contributed by atoms with Crippen molar-refractivity contribution in [3.63, 3.8) is 0 Å². The van der Waals surface area contributed by atoms with Gasteiger partial charge in [0.15, 0.2) is 0 Å². The minimum atomic E-state index is 0.447. The molecular weight excluding hydrogens is 204 g/mol. The van der Waals surface area contributed by atoms with Gasteiger partial charge in [0.2, 0.25) is 0 Å². The molecule has 2 rings (SSSR count). The topological polar surface area (TPSA) is 15.3 Å². The SMILES string of the molecule is CSCCN1CC(C)NCC1(C)C1CC1. The molecule has 1 aliphatic carbocycles. The Labute approximate surface area is 98.2 Å². The van der Waals surface area contributed by atoms with Gasteiger partial charge in [-0.15, -0.1) is 0 Å². The molecule has 15 heavy (non-hydrogen) atoms. The maximum atomic E-state index is 3.65.